The zero-order chi connectivity index (χ0) is 17.5. The van der Waals surface area contributed by atoms with Crippen LogP contribution in [0.25, 0.3) is 0 Å². The largest absolute Gasteiger partial charge is 0.466 e. The van der Waals surface area contributed by atoms with E-state index in [1.54, 1.807) is 19.1 Å². The van der Waals surface area contributed by atoms with Gasteiger partial charge in [-0.1, -0.05) is 12.1 Å². The Hall–Kier alpha value is -1.95. The quantitative estimate of drug-likeness (QED) is 0.809. The third kappa shape index (κ3) is 5.03. The molecule has 0 saturated carbocycles. The van der Waals surface area contributed by atoms with Gasteiger partial charge in [0.15, 0.2) is 0 Å². The van der Waals surface area contributed by atoms with Gasteiger partial charge in [0.2, 0.25) is 5.91 Å². The molecule has 1 N–H and O–H groups in total. The normalized spacial score (nSPS) is 17.3. The van der Waals surface area contributed by atoms with Gasteiger partial charge in [-0.25, -0.2) is 4.39 Å². The lowest BCUT2D eigenvalue weighted by Crippen LogP contribution is -2.48. The molecule has 1 aliphatic rings. The van der Waals surface area contributed by atoms with Gasteiger partial charge in [0, 0.05) is 6.54 Å². The fourth-order valence-electron chi connectivity index (χ4n) is 2.89. The van der Waals surface area contributed by atoms with E-state index in [9.17, 15) is 14.0 Å². The summed E-state index contributed by atoms with van der Waals surface area (Å²) in [6.45, 7) is 5.86. The maximum atomic E-state index is 12.9. The van der Waals surface area contributed by atoms with Gasteiger partial charge in [0.25, 0.3) is 0 Å². The van der Waals surface area contributed by atoms with Crippen LogP contribution in [0.4, 0.5) is 4.39 Å². The highest BCUT2D eigenvalue weighted by Gasteiger charge is 2.30. The average molecular weight is 336 g/mol. The number of nitrogens with one attached hydrogen (secondary N) is 1. The lowest BCUT2D eigenvalue weighted by Gasteiger charge is -2.34. The molecule has 5 nitrogen and oxygen atoms in total. The fraction of sp³-hybridized carbons (Fsp3) is 0.556. The number of carbonyl (C=O) groups excluding carboxylic acids is 2. The summed E-state index contributed by atoms with van der Waals surface area (Å²) in [4.78, 5) is 26.1. The Kier molecular flexibility index (Phi) is 6.73. The lowest BCUT2D eigenvalue weighted by molar-refractivity contribution is -0.149. The van der Waals surface area contributed by atoms with E-state index in [2.05, 4.69) is 10.2 Å². The molecule has 1 unspecified atom stereocenters. The molecule has 1 atom stereocenters. The number of rotatable bonds is 6. The van der Waals surface area contributed by atoms with Gasteiger partial charge in [-0.3, -0.25) is 14.5 Å². The van der Waals surface area contributed by atoms with E-state index in [-0.39, 0.29) is 29.7 Å². The Balaban J connectivity index is 1.77. The van der Waals surface area contributed by atoms with Crippen molar-refractivity contribution in [2.24, 2.45) is 5.92 Å². The van der Waals surface area contributed by atoms with Crippen LogP contribution in [0.5, 0.6) is 0 Å². The highest BCUT2D eigenvalue weighted by molar-refractivity contribution is 5.81. The molecule has 1 fully saturated rings. The van der Waals surface area contributed by atoms with Gasteiger partial charge in [0.05, 0.1) is 18.6 Å². The summed E-state index contributed by atoms with van der Waals surface area (Å²) >= 11 is 0. The number of hydrogen-bond donors (Lipinski definition) is 1. The molecular weight excluding hydrogens is 311 g/mol. The number of piperidine rings is 1. The van der Waals surface area contributed by atoms with Crippen LogP contribution >= 0.6 is 0 Å². The zero-order valence-corrected chi connectivity index (χ0v) is 14.3. The van der Waals surface area contributed by atoms with Crippen LogP contribution in [0.15, 0.2) is 24.3 Å². The van der Waals surface area contributed by atoms with Gasteiger partial charge < -0.3 is 10.1 Å². The molecule has 1 aromatic rings. The monoisotopic (exact) mass is 336 g/mol. The van der Waals surface area contributed by atoms with Crippen LogP contribution in [0.3, 0.4) is 0 Å². The van der Waals surface area contributed by atoms with Crippen molar-refractivity contribution in [3.05, 3.63) is 35.6 Å². The highest BCUT2D eigenvalue weighted by Crippen LogP contribution is 2.20. The van der Waals surface area contributed by atoms with Crippen LogP contribution in [0.2, 0.25) is 0 Å². The second-order valence-electron chi connectivity index (χ2n) is 6.08. The predicted molar refractivity (Wildman–Crippen MR) is 88.6 cm³/mol. The summed E-state index contributed by atoms with van der Waals surface area (Å²) < 4.78 is 17.9. The van der Waals surface area contributed by atoms with Crippen molar-refractivity contribution in [1.82, 2.24) is 10.2 Å². The standard InChI is InChI=1S/C18H25FN2O3/c1-3-24-18(23)15-8-10-21(11-9-15)13(2)17(22)20-12-14-4-6-16(19)7-5-14/h4-7,13,15H,3,8-12H2,1-2H3,(H,20,22). The fourth-order valence-corrected chi connectivity index (χ4v) is 2.89. The molecule has 1 aliphatic heterocycles. The number of nitrogens with zero attached hydrogens (tertiary/aromatic N) is 1. The highest BCUT2D eigenvalue weighted by atomic mass is 19.1. The molecule has 0 bridgehead atoms. The number of benzene rings is 1. The molecule has 0 aromatic heterocycles. The Morgan fingerprint density at radius 1 is 1.29 bits per heavy atom. The first kappa shape index (κ1) is 18.4. The van der Waals surface area contributed by atoms with Gasteiger partial charge in [-0.2, -0.15) is 0 Å². The minimum atomic E-state index is -0.289. The number of ether oxygens (including phenoxy) is 1. The van der Waals surface area contributed by atoms with Crippen LogP contribution in [0.1, 0.15) is 32.3 Å². The molecule has 0 aliphatic carbocycles. The van der Waals surface area contributed by atoms with Crippen LogP contribution < -0.4 is 5.32 Å². The Morgan fingerprint density at radius 2 is 1.92 bits per heavy atom. The lowest BCUT2D eigenvalue weighted by atomic mass is 9.96. The van der Waals surface area contributed by atoms with Crippen molar-refractivity contribution in [2.75, 3.05) is 19.7 Å². The van der Waals surface area contributed by atoms with E-state index in [1.807, 2.05) is 6.92 Å². The number of amides is 1. The van der Waals surface area contributed by atoms with Gasteiger partial charge >= 0.3 is 5.97 Å². The van der Waals surface area contributed by atoms with E-state index in [0.717, 1.165) is 5.56 Å². The van der Waals surface area contributed by atoms with Crippen LogP contribution in [-0.4, -0.2) is 42.5 Å². The molecule has 24 heavy (non-hydrogen) atoms. The van der Waals surface area contributed by atoms with Gasteiger partial charge in [-0.15, -0.1) is 0 Å². The van der Waals surface area contributed by atoms with E-state index in [4.69, 9.17) is 4.74 Å². The molecular formula is C18H25FN2O3. The Labute approximate surface area is 142 Å². The number of hydrogen-bond acceptors (Lipinski definition) is 4. The Bertz CT molecular complexity index is 554. The minimum absolute atomic E-state index is 0.0596. The third-order valence-electron chi connectivity index (χ3n) is 4.46. The molecule has 2 rings (SSSR count). The van der Waals surface area contributed by atoms with Crippen molar-refractivity contribution in [1.29, 1.82) is 0 Å². The van der Waals surface area contributed by atoms with Crippen molar-refractivity contribution in [3.63, 3.8) is 0 Å². The van der Waals surface area contributed by atoms with E-state index < -0.39 is 0 Å². The summed E-state index contributed by atoms with van der Waals surface area (Å²) in [5, 5.41) is 2.88. The molecule has 6 heteroatoms. The van der Waals surface area contributed by atoms with Crippen molar-refractivity contribution in [3.8, 4) is 0 Å². The zero-order valence-electron chi connectivity index (χ0n) is 14.3. The first-order valence-electron chi connectivity index (χ1n) is 8.44. The van der Waals surface area contributed by atoms with Gasteiger partial charge in [-0.05, 0) is 57.5 Å². The van der Waals surface area contributed by atoms with E-state index >= 15 is 0 Å². The molecule has 0 radical (unpaired) electrons. The van der Waals surface area contributed by atoms with Crippen LogP contribution in [0, 0.1) is 11.7 Å². The summed E-state index contributed by atoms with van der Waals surface area (Å²) in [7, 11) is 0. The maximum Gasteiger partial charge on any atom is 0.309 e. The molecule has 1 heterocycles. The second kappa shape index (κ2) is 8.78. The van der Waals surface area contributed by atoms with Crippen molar-refractivity contribution < 1.29 is 18.7 Å². The number of halogens is 1. The summed E-state index contributed by atoms with van der Waals surface area (Å²) in [6, 6.07) is 5.82. The smallest absolute Gasteiger partial charge is 0.309 e. The van der Waals surface area contributed by atoms with E-state index in [1.165, 1.54) is 12.1 Å². The van der Waals surface area contributed by atoms with Crippen molar-refractivity contribution in [2.45, 2.75) is 39.3 Å². The Morgan fingerprint density at radius 3 is 2.50 bits per heavy atom. The summed E-state index contributed by atoms with van der Waals surface area (Å²) in [5.41, 5.74) is 0.859. The average Bonchev–Trinajstić information content (AvgIpc) is 2.60. The maximum absolute atomic E-state index is 12.9. The number of carbonyl (C=O) groups is 2. The van der Waals surface area contributed by atoms with Crippen LogP contribution in [-0.2, 0) is 20.9 Å². The molecule has 0 spiro atoms. The molecule has 1 aromatic carbocycles. The minimum Gasteiger partial charge on any atom is -0.466 e. The summed E-state index contributed by atoms with van der Waals surface area (Å²) in [6.07, 6.45) is 1.43. The number of esters is 1. The summed E-state index contributed by atoms with van der Waals surface area (Å²) in [5.74, 6) is -0.543. The molecule has 1 saturated heterocycles. The number of likely N-dealkylation sites (tertiary alicyclic amines) is 1. The molecule has 1 amide bonds. The topological polar surface area (TPSA) is 58.6 Å². The molecule has 132 valence electrons. The van der Waals surface area contributed by atoms with E-state index in [0.29, 0.717) is 39.1 Å². The second-order valence-corrected chi connectivity index (χ2v) is 6.08. The first-order chi connectivity index (χ1) is 11.5. The van der Waals surface area contributed by atoms with Crippen molar-refractivity contribution >= 4 is 11.9 Å². The predicted octanol–water partition coefficient (Wildman–Crippen LogP) is 2.11. The third-order valence-corrected chi connectivity index (χ3v) is 4.46. The SMILES string of the molecule is CCOC(=O)C1CCN(C(C)C(=O)NCc2ccc(F)cc2)CC1. The van der Waals surface area contributed by atoms with Gasteiger partial charge in [0.1, 0.15) is 5.82 Å². The first-order valence-corrected chi connectivity index (χ1v) is 8.44.